The molecule has 0 unspecified atom stereocenters. The largest absolute Gasteiger partial charge is 0.352 e. The first kappa shape index (κ1) is 18.1. The van der Waals surface area contributed by atoms with Crippen LogP contribution in [0.4, 0.5) is 0 Å². The standard InChI is InChI=1S/C20H26N2O2/c1-2-3-14-20(24)22(15-17-10-6-4-7-11-17)16-19(23)21-18-12-8-5-9-13-18/h1,4,6-7,10-11,18H,3,5,8-9,12-16H2,(H,21,23). The van der Waals surface area contributed by atoms with E-state index in [9.17, 15) is 9.59 Å². The third-order valence-electron chi connectivity index (χ3n) is 4.36. The molecule has 128 valence electrons. The second-order valence-electron chi connectivity index (χ2n) is 6.34. The number of amides is 2. The second kappa shape index (κ2) is 9.77. The molecule has 0 aromatic heterocycles. The quantitative estimate of drug-likeness (QED) is 0.783. The number of rotatable bonds is 7. The van der Waals surface area contributed by atoms with E-state index in [2.05, 4.69) is 11.2 Å². The van der Waals surface area contributed by atoms with Gasteiger partial charge in [-0.05, 0) is 18.4 Å². The molecule has 4 nitrogen and oxygen atoms in total. The Morgan fingerprint density at radius 2 is 1.88 bits per heavy atom. The molecule has 0 atom stereocenters. The molecule has 4 heteroatoms. The lowest BCUT2D eigenvalue weighted by molar-refractivity contribution is -0.136. The van der Waals surface area contributed by atoms with Crippen LogP contribution in [0.15, 0.2) is 30.3 Å². The summed E-state index contributed by atoms with van der Waals surface area (Å²) in [7, 11) is 0. The number of nitrogens with one attached hydrogen (secondary N) is 1. The minimum atomic E-state index is -0.0770. The lowest BCUT2D eigenvalue weighted by atomic mass is 9.95. The molecule has 1 aliphatic carbocycles. The zero-order valence-electron chi connectivity index (χ0n) is 14.2. The van der Waals surface area contributed by atoms with E-state index in [0.717, 1.165) is 18.4 Å². The molecule has 0 heterocycles. The summed E-state index contributed by atoms with van der Waals surface area (Å²) in [5.41, 5.74) is 1.01. The molecule has 1 aliphatic rings. The number of hydrogen-bond acceptors (Lipinski definition) is 2. The first-order valence-corrected chi connectivity index (χ1v) is 8.73. The molecule has 0 radical (unpaired) electrons. The normalized spacial score (nSPS) is 14.6. The molecule has 1 saturated carbocycles. The summed E-state index contributed by atoms with van der Waals surface area (Å²) in [5.74, 6) is 2.34. The fourth-order valence-electron chi connectivity index (χ4n) is 3.07. The summed E-state index contributed by atoms with van der Waals surface area (Å²) in [5, 5.41) is 3.07. The molecule has 0 saturated heterocycles. The molecule has 0 bridgehead atoms. The van der Waals surface area contributed by atoms with Gasteiger partial charge in [0, 0.05) is 25.4 Å². The van der Waals surface area contributed by atoms with Gasteiger partial charge in [0.25, 0.3) is 0 Å². The summed E-state index contributed by atoms with van der Waals surface area (Å²) in [6, 6.07) is 9.97. The highest BCUT2D eigenvalue weighted by molar-refractivity contribution is 5.85. The van der Waals surface area contributed by atoms with Crippen LogP contribution >= 0.6 is 0 Å². The van der Waals surface area contributed by atoms with E-state index in [0.29, 0.717) is 13.0 Å². The van der Waals surface area contributed by atoms with Crippen molar-refractivity contribution in [3.05, 3.63) is 35.9 Å². The first-order valence-electron chi connectivity index (χ1n) is 8.73. The van der Waals surface area contributed by atoms with Gasteiger partial charge in [0.05, 0.1) is 6.54 Å². The molecule has 1 aromatic carbocycles. The summed E-state index contributed by atoms with van der Waals surface area (Å²) in [4.78, 5) is 26.3. The van der Waals surface area contributed by atoms with Gasteiger partial charge in [-0.25, -0.2) is 0 Å². The fourth-order valence-corrected chi connectivity index (χ4v) is 3.07. The smallest absolute Gasteiger partial charge is 0.239 e. The van der Waals surface area contributed by atoms with Crippen molar-refractivity contribution < 1.29 is 9.59 Å². The zero-order chi connectivity index (χ0) is 17.2. The van der Waals surface area contributed by atoms with Gasteiger partial charge >= 0.3 is 0 Å². The highest BCUT2D eigenvalue weighted by atomic mass is 16.2. The van der Waals surface area contributed by atoms with Gasteiger partial charge in [-0.1, -0.05) is 49.6 Å². The Hall–Kier alpha value is -2.28. The summed E-state index contributed by atoms with van der Waals surface area (Å²) in [6.45, 7) is 0.525. The molecule has 1 N–H and O–H groups in total. The Morgan fingerprint density at radius 1 is 1.17 bits per heavy atom. The van der Waals surface area contributed by atoms with Gasteiger partial charge in [0.2, 0.25) is 11.8 Å². The van der Waals surface area contributed by atoms with Crippen molar-refractivity contribution in [1.29, 1.82) is 0 Å². The molecule has 0 spiro atoms. The monoisotopic (exact) mass is 326 g/mol. The SMILES string of the molecule is C#CCCC(=O)N(CC(=O)NC1CCCCC1)Cc1ccccc1. The predicted octanol–water partition coefficient (Wildman–Crippen LogP) is 2.88. The topological polar surface area (TPSA) is 49.4 Å². The first-order chi connectivity index (χ1) is 11.7. The van der Waals surface area contributed by atoms with E-state index >= 15 is 0 Å². The number of nitrogens with zero attached hydrogens (tertiary/aromatic N) is 1. The number of benzene rings is 1. The molecular weight excluding hydrogens is 300 g/mol. The zero-order valence-corrected chi connectivity index (χ0v) is 14.2. The van der Waals surface area contributed by atoms with Crippen LogP contribution in [0.5, 0.6) is 0 Å². The van der Waals surface area contributed by atoms with Gasteiger partial charge in [-0.15, -0.1) is 12.3 Å². The summed E-state index contributed by atoms with van der Waals surface area (Å²) in [6.07, 6.45) is 11.6. The maximum Gasteiger partial charge on any atom is 0.239 e. The van der Waals surface area contributed by atoms with E-state index in [4.69, 9.17) is 6.42 Å². The summed E-state index contributed by atoms with van der Waals surface area (Å²) < 4.78 is 0. The summed E-state index contributed by atoms with van der Waals surface area (Å²) >= 11 is 0. The van der Waals surface area contributed by atoms with Crippen molar-refractivity contribution in [2.45, 2.75) is 57.5 Å². The van der Waals surface area contributed by atoms with Crippen molar-refractivity contribution in [3.63, 3.8) is 0 Å². The van der Waals surface area contributed by atoms with Gasteiger partial charge in [0.1, 0.15) is 0 Å². The third-order valence-corrected chi connectivity index (χ3v) is 4.36. The highest BCUT2D eigenvalue weighted by Gasteiger charge is 2.20. The molecule has 0 aliphatic heterocycles. The van der Waals surface area contributed by atoms with Crippen LogP contribution in [0, 0.1) is 12.3 Å². The van der Waals surface area contributed by atoms with Crippen LogP contribution in [0.3, 0.4) is 0 Å². The Balaban J connectivity index is 1.94. The number of carbonyl (C=O) groups excluding carboxylic acids is 2. The Bertz CT molecular complexity index is 571. The molecule has 1 aromatic rings. The van der Waals surface area contributed by atoms with Crippen molar-refractivity contribution in [2.24, 2.45) is 0 Å². The van der Waals surface area contributed by atoms with E-state index in [1.807, 2.05) is 30.3 Å². The van der Waals surface area contributed by atoms with Gasteiger partial charge < -0.3 is 10.2 Å². The van der Waals surface area contributed by atoms with Crippen LogP contribution < -0.4 is 5.32 Å². The van der Waals surface area contributed by atoms with Gasteiger partial charge in [0.15, 0.2) is 0 Å². The van der Waals surface area contributed by atoms with Crippen LogP contribution in [-0.4, -0.2) is 29.3 Å². The van der Waals surface area contributed by atoms with E-state index in [1.54, 1.807) is 4.90 Å². The number of terminal acetylenes is 1. The molecular formula is C20H26N2O2. The average Bonchev–Trinajstić information content (AvgIpc) is 2.61. The van der Waals surface area contributed by atoms with E-state index < -0.39 is 0 Å². The second-order valence-corrected chi connectivity index (χ2v) is 6.34. The molecule has 2 amide bonds. The van der Waals surface area contributed by atoms with E-state index in [-0.39, 0.29) is 30.8 Å². The maximum atomic E-state index is 12.4. The lowest BCUT2D eigenvalue weighted by Gasteiger charge is -2.26. The van der Waals surface area contributed by atoms with Crippen LogP contribution in [0.25, 0.3) is 0 Å². The minimum absolute atomic E-state index is 0.0735. The molecule has 24 heavy (non-hydrogen) atoms. The lowest BCUT2D eigenvalue weighted by Crippen LogP contribution is -2.44. The van der Waals surface area contributed by atoms with Gasteiger partial charge in [-0.3, -0.25) is 9.59 Å². The van der Waals surface area contributed by atoms with E-state index in [1.165, 1.54) is 19.3 Å². The van der Waals surface area contributed by atoms with Crippen LogP contribution in [0.2, 0.25) is 0 Å². The van der Waals surface area contributed by atoms with Crippen molar-refractivity contribution in [1.82, 2.24) is 10.2 Å². The fraction of sp³-hybridized carbons (Fsp3) is 0.500. The Kier molecular flexibility index (Phi) is 7.35. The third kappa shape index (κ3) is 6.08. The highest BCUT2D eigenvalue weighted by Crippen LogP contribution is 2.17. The Morgan fingerprint density at radius 3 is 2.54 bits per heavy atom. The van der Waals surface area contributed by atoms with Crippen molar-refractivity contribution in [2.75, 3.05) is 6.54 Å². The van der Waals surface area contributed by atoms with Crippen LogP contribution in [0.1, 0.15) is 50.5 Å². The minimum Gasteiger partial charge on any atom is -0.352 e. The Labute approximate surface area is 144 Å². The van der Waals surface area contributed by atoms with Gasteiger partial charge in [-0.2, -0.15) is 0 Å². The maximum absolute atomic E-state index is 12.4. The molecule has 2 rings (SSSR count). The predicted molar refractivity (Wildman–Crippen MR) is 94.9 cm³/mol. The van der Waals surface area contributed by atoms with Crippen molar-refractivity contribution in [3.8, 4) is 12.3 Å². The number of carbonyl (C=O) groups is 2. The van der Waals surface area contributed by atoms with Crippen LogP contribution in [-0.2, 0) is 16.1 Å². The molecule has 1 fully saturated rings. The van der Waals surface area contributed by atoms with Crippen molar-refractivity contribution >= 4 is 11.8 Å². The average molecular weight is 326 g/mol. The number of hydrogen-bond donors (Lipinski definition) is 1.